The Morgan fingerprint density at radius 3 is 1.46 bits per heavy atom. The molecule has 8 aromatic rings. The van der Waals surface area contributed by atoms with Crippen molar-refractivity contribution in [1.82, 2.24) is 0 Å². The molecule has 10 rings (SSSR count). The Hall–Kier alpha value is -6.44. The topological polar surface area (TPSA) is 3.24 Å². The second kappa shape index (κ2) is 14.6. The summed E-state index contributed by atoms with van der Waals surface area (Å²) < 4.78 is 0. The number of hydrogen-bond acceptors (Lipinski definition) is 1. The molecule has 2 aliphatic rings. The minimum absolute atomic E-state index is 0.0895. The first-order chi connectivity index (χ1) is 29.4. The summed E-state index contributed by atoms with van der Waals surface area (Å²) in [6, 6.07) is 61.8. The summed E-state index contributed by atoms with van der Waals surface area (Å²) in [4.78, 5) is 2.75. The molecule has 300 valence electrons. The number of benzene rings is 8. The average molecular weight is 790 g/mol. The Labute approximate surface area is 363 Å². The zero-order valence-corrected chi connectivity index (χ0v) is 36.9. The van der Waals surface area contributed by atoms with Crippen LogP contribution in [0.25, 0.3) is 55.6 Å². The first-order valence-electron chi connectivity index (χ1n) is 22.0. The Morgan fingerprint density at radius 2 is 0.852 bits per heavy atom. The molecule has 1 nitrogen and oxygen atoms in total. The van der Waals surface area contributed by atoms with Crippen molar-refractivity contribution in [3.63, 3.8) is 0 Å². The van der Waals surface area contributed by atoms with Crippen LogP contribution in [0.15, 0.2) is 164 Å². The van der Waals surface area contributed by atoms with Crippen molar-refractivity contribution in [2.24, 2.45) is 0 Å². The molecule has 0 saturated heterocycles. The summed E-state index contributed by atoms with van der Waals surface area (Å²) in [5.41, 5.74) is 27.3. The third kappa shape index (κ3) is 6.45. The lowest BCUT2D eigenvalue weighted by molar-refractivity contribution is 0.591. The van der Waals surface area contributed by atoms with Crippen LogP contribution in [0.5, 0.6) is 0 Å². The van der Waals surface area contributed by atoms with Crippen LogP contribution < -0.4 is 4.90 Å². The lowest BCUT2D eigenvalue weighted by atomic mass is 9.76. The van der Waals surface area contributed by atoms with Gasteiger partial charge in [-0.25, -0.2) is 0 Å². The van der Waals surface area contributed by atoms with E-state index in [4.69, 9.17) is 0 Å². The molecule has 61 heavy (non-hydrogen) atoms. The van der Waals surface area contributed by atoms with Gasteiger partial charge in [-0.3, -0.25) is 0 Å². The van der Waals surface area contributed by atoms with Gasteiger partial charge in [-0.1, -0.05) is 193 Å². The fourth-order valence-electron chi connectivity index (χ4n) is 10.4. The number of nitrogens with zero attached hydrogens (tertiary/aromatic N) is 1. The Kier molecular flexibility index (Phi) is 9.29. The molecule has 2 aliphatic carbocycles. The molecule has 0 N–H and O–H groups in total. The van der Waals surface area contributed by atoms with Gasteiger partial charge in [0.15, 0.2) is 0 Å². The molecule has 0 heterocycles. The number of rotatable bonds is 6. The molecule has 1 heteroatoms. The SMILES string of the molecule is Cc1cc2c(c(N(c3ccccc3-c3ccccc3)c3c4c(cc(-c5ccccc5C(C)(C)C)c3-c3ccccc3C(C)(C)C)-c3ccccc3C4)c1C)Cc1ccccc1-2. The van der Waals surface area contributed by atoms with E-state index in [0.717, 1.165) is 12.8 Å². The number of aryl methyl sites for hydroxylation is 1. The van der Waals surface area contributed by atoms with Crippen molar-refractivity contribution in [2.45, 2.75) is 79.1 Å². The molecular weight excluding hydrogens is 735 g/mol. The molecule has 0 amide bonds. The van der Waals surface area contributed by atoms with Crippen molar-refractivity contribution in [1.29, 1.82) is 0 Å². The fraction of sp³-hybridized carbons (Fsp3) is 0.200. The maximum atomic E-state index is 2.75. The largest absolute Gasteiger partial charge is 0.308 e. The van der Waals surface area contributed by atoms with Crippen LogP contribution in [0.1, 0.15) is 86.1 Å². The quantitative estimate of drug-likeness (QED) is 0.162. The van der Waals surface area contributed by atoms with Gasteiger partial charge in [-0.15, -0.1) is 0 Å². The van der Waals surface area contributed by atoms with E-state index in [1.807, 2.05) is 0 Å². The van der Waals surface area contributed by atoms with Crippen LogP contribution in [0.4, 0.5) is 17.1 Å². The van der Waals surface area contributed by atoms with Gasteiger partial charge in [-0.2, -0.15) is 0 Å². The molecule has 0 atom stereocenters. The summed E-state index contributed by atoms with van der Waals surface area (Å²) in [6.45, 7) is 18.9. The van der Waals surface area contributed by atoms with E-state index in [0.29, 0.717) is 0 Å². The highest BCUT2D eigenvalue weighted by atomic mass is 15.2. The highest BCUT2D eigenvalue weighted by molar-refractivity contribution is 6.07. The highest BCUT2D eigenvalue weighted by Gasteiger charge is 2.37. The lowest BCUT2D eigenvalue weighted by Crippen LogP contribution is -2.20. The molecule has 0 bridgehead atoms. The van der Waals surface area contributed by atoms with Crippen LogP contribution in [0.2, 0.25) is 0 Å². The van der Waals surface area contributed by atoms with Crippen molar-refractivity contribution in [3.8, 4) is 55.6 Å². The normalized spacial score (nSPS) is 12.8. The van der Waals surface area contributed by atoms with E-state index in [1.165, 1.54) is 117 Å². The average Bonchev–Trinajstić information content (AvgIpc) is 3.82. The third-order valence-electron chi connectivity index (χ3n) is 13.4. The van der Waals surface area contributed by atoms with Gasteiger partial charge in [-0.05, 0) is 126 Å². The Morgan fingerprint density at radius 1 is 0.393 bits per heavy atom. The zero-order chi connectivity index (χ0) is 42.2. The maximum Gasteiger partial charge on any atom is 0.0588 e. The summed E-state index contributed by atoms with van der Waals surface area (Å²) in [5.74, 6) is 0. The van der Waals surface area contributed by atoms with E-state index in [1.54, 1.807) is 0 Å². The van der Waals surface area contributed by atoms with Gasteiger partial charge < -0.3 is 4.90 Å². The summed E-state index contributed by atoms with van der Waals surface area (Å²) in [5, 5.41) is 0. The minimum Gasteiger partial charge on any atom is -0.308 e. The number of para-hydroxylation sites is 1. The predicted octanol–water partition coefficient (Wildman–Crippen LogP) is 16.5. The van der Waals surface area contributed by atoms with Crippen molar-refractivity contribution >= 4 is 17.1 Å². The summed E-state index contributed by atoms with van der Waals surface area (Å²) in [6.07, 6.45) is 1.73. The highest BCUT2D eigenvalue weighted by Crippen LogP contribution is 2.59. The maximum absolute atomic E-state index is 2.75. The lowest BCUT2D eigenvalue weighted by Gasteiger charge is -2.37. The first kappa shape index (κ1) is 38.7. The predicted molar refractivity (Wildman–Crippen MR) is 261 cm³/mol. The molecule has 0 unspecified atom stereocenters. The zero-order valence-electron chi connectivity index (χ0n) is 36.9. The van der Waals surface area contributed by atoms with E-state index in [9.17, 15) is 0 Å². The molecule has 0 fully saturated rings. The molecule has 0 spiro atoms. The summed E-state index contributed by atoms with van der Waals surface area (Å²) in [7, 11) is 0. The molecule has 8 aromatic carbocycles. The van der Waals surface area contributed by atoms with E-state index in [2.05, 4.69) is 224 Å². The van der Waals surface area contributed by atoms with Crippen LogP contribution in [-0.4, -0.2) is 0 Å². The monoisotopic (exact) mass is 789 g/mol. The fourth-order valence-corrected chi connectivity index (χ4v) is 10.4. The van der Waals surface area contributed by atoms with E-state index in [-0.39, 0.29) is 10.8 Å². The van der Waals surface area contributed by atoms with E-state index < -0.39 is 0 Å². The van der Waals surface area contributed by atoms with Crippen LogP contribution >= 0.6 is 0 Å². The van der Waals surface area contributed by atoms with Crippen LogP contribution in [0, 0.1) is 13.8 Å². The Balaban J connectivity index is 1.45. The van der Waals surface area contributed by atoms with Gasteiger partial charge in [0.2, 0.25) is 0 Å². The molecule has 0 saturated carbocycles. The number of hydrogen-bond donors (Lipinski definition) is 0. The van der Waals surface area contributed by atoms with Gasteiger partial charge in [0.1, 0.15) is 0 Å². The molecule has 0 radical (unpaired) electrons. The van der Waals surface area contributed by atoms with Gasteiger partial charge >= 0.3 is 0 Å². The van der Waals surface area contributed by atoms with Crippen molar-refractivity contribution < 1.29 is 0 Å². The smallest absolute Gasteiger partial charge is 0.0588 e. The van der Waals surface area contributed by atoms with Gasteiger partial charge in [0.25, 0.3) is 0 Å². The summed E-state index contributed by atoms with van der Waals surface area (Å²) >= 11 is 0. The molecular formula is C60H55N. The second-order valence-corrected chi connectivity index (χ2v) is 19.3. The number of anilines is 3. The van der Waals surface area contributed by atoms with E-state index >= 15 is 0 Å². The Bertz CT molecular complexity index is 3000. The van der Waals surface area contributed by atoms with Crippen molar-refractivity contribution in [2.75, 3.05) is 4.90 Å². The van der Waals surface area contributed by atoms with Crippen LogP contribution in [-0.2, 0) is 23.7 Å². The van der Waals surface area contributed by atoms with Crippen LogP contribution in [0.3, 0.4) is 0 Å². The first-order valence-corrected chi connectivity index (χ1v) is 22.0. The second-order valence-electron chi connectivity index (χ2n) is 19.3. The molecule has 0 aromatic heterocycles. The van der Waals surface area contributed by atoms with Crippen molar-refractivity contribution in [3.05, 3.63) is 208 Å². The van der Waals surface area contributed by atoms with Gasteiger partial charge in [0, 0.05) is 24.0 Å². The minimum atomic E-state index is -0.119. The third-order valence-corrected chi connectivity index (χ3v) is 13.4. The molecule has 0 aliphatic heterocycles. The standard InChI is InChI=1S/C60H55N/c1-38-34-48-43-26-14-12-24-41(43)35-51(48)57(39(38)2)61(55-33-21-18-28-45(55)40-22-10-9-11-23-40)58-52-36-42-25-13-15-27-44(42)49(52)37-50(46-29-16-19-31-53(46)59(3,4)5)56(58)47-30-17-20-32-54(47)60(6,7)8/h9-34,37H,35-36H2,1-8H3. The van der Waals surface area contributed by atoms with Gasteiger partial charge in [0.05, 0.1) is 17.1 Å². The number of fused-ring (bicyclic) bond motifs is 6.